The molecule has 0 aliphatic carbocycles. The Morgan fingerprint density at radius 1 is 1.31 bits per heavy atom. The average molecular weight is 259 g/mol. The van der Waals surface area contributed by atoms with Crippen LogP contribution in [0.3, 0.4) is 0 Å². The lowest BCUT2D eigenvalue weighted by molar-refractivity contribution is 1.23. The predicted octanol–water partition coefficient (Wildman–Crippen LogP) is 2.63. The van der Waals surface area contributed by atoms with Crippen molar-refractivity contribution in [2.24, 2.45) is 0 Å². The standard InChI is InChI=1S/C8H5BrClN3/c9-4-1-2-5-6(3-4)12-8(10)13-7(5)11/h1-3H,(H2,11,12,13). The van der Waals surface area contributed by atoms with Gasteiger partial charge in [0.25, 0.3) is 0 Å². The Hall–Kier alpha value is -0.870. The van der Waals surface area contributed by atoms with E-state index in [4.69, 9.17) is 17.3 Å². The minimum atomic E-state index is 0.170. The number of anilines is 1. The molecule has 66 valence electrons. The van der Waals surface area contributed by atoms with Gasteiger partial charge in [-0.3, -0.25) is 0 Å². The Bertz CT molecular complexity index is 467. The molecular formula is C8H5BrClN3. The van der Waals surface area contributed by atoms with Crippen molar-refractivity contribution < 1.29 is 0 Å². The van der Waals surface area contributed by atoms with Crippen molar-refractivity contribution in [3.05, 3.63) is 28.0 Å². The third kappa shape index (κ3) is 1.59. The quantitative estimate of drug-likeness (QED) is 0.739. The third-order valence-electron chi connectivity index (χ3n) is 1.66. The first kappa shape index (κ1) is 8.72. The number of hydrogen-bond acceptors (Lipinski definition) is 3. The molecule has 1 aromatic heterocycles. The molecule has 0 bridgehead atoms. The van der Waals surface area contributed by atoms with E-state index < -0.39 is 0 Å². The van der Waals surface area contributed by atoms with E-state index in [1.165, 1.54) is 0 Å². The summed E-state index contributed by atoms with van der Waals surface area (Å²) in [6.07, 6.45) is 0. The largest absolute Gasteiger partial charge is 0.383 e. The first-order valence-electron chi connectivity index (χ1n) is 3.55. The fourth-order valence-electron chi connectivity index (χ4n) is 1.10. The topological polar surface area (TPSA) is 51.8 Å². The van der Waals surface area contributed by atoms with E-state index in [9.17, 15) is 0 Å². The summed E-state index contributed by atoms with van der Waals surface area (Å²) in [6, 6.07) is 5.58. The van der Waals surface area contributed by atoms with Crippen LogP contribution in [-0.2, 0) is 0 Å². The van der Waals surface area contributed by atoms with Crippen LogP contribution in [0, 0.1) is 0 Å². The molecule has 0 radical (unpaired) electrons. The number of benzene rings is 1. The van der Waals surface area contributed by atoms with Gasteiger partial charge in [-0.25, -0.2) is 9.97 Å². The summed E-state index contributed by atoms with van der Waals surface area (Å²) in [5, 5.41) is 0.982. The van der Waals surface area contributed by atoms with Gasteiger partial charge in [-0.05, 0) is 29.8 Å². The van der Waals surface area contributed by atoms with Crippen molar-refractivity contribution in [1.82, 2.24) is 9.97 Å². The van der Waals surface area contributed by atoms with Crippen LogP contribution in [0.4, 0.5) is 5.82 Å². The molecule has 0 atom stereocenters. The van der Waals surface area contributed by atoms with Crippen LogP contribution >= 0.6 is 27.5 Å². The van der Waals surface area contributed by atoms with Crippen LogP contribution in [0.25, 0.3) is 10.9 Å². The van der Waals surface area contributed by atoms with Crippen molar-refractivity contribution in [1.29, 1.82) is 0 Å². The van der Waals surface area contributed by atoms with Crippen LogP contribution in [0.15, 0.2) is 22.7 Å². The molecule has 1 heterocycles. The second kappa shape index (κ2) is 3.12. The minimum Gasteiger partial charge on any atom is -0.383 e. The molecule has 0 amide bonds. The van der Waals surface area contributed by atoms with E-state index in [2.05, 4.69) is 25.9 Å². The van der Waals surface area contributed by atoms with Crippen molar-refractivity contribution >= 4 is 44.3 Å². The number of aromatic nitrogens is 2. The first-order valence-corrected chi connectivity index (χ1v) is 4.72. The Morgan fingerprint density at radius 2 is 2.08 bits per heavy atom. The van der Waals surface area contributed by atoms with E-state index in [0.29, 0.717) is 5.82 Å². The Labute approximate surface area is 88.1 Å². The molecule has 2 N–H and O–H groups in total. The molecule has 0 fully saturated rings. The third-order valence-corrected chi connectivity index (χ3v) is 2.32. The predicted molar refractivity (Wildman–Crippen MR) is 56.7 cm³/mol. The second-order valence-corrected chi connectivity index (χ2v) is 3.79. The maximum absolute atomic E-state index is 5.66. The smallest absolute Gasteiger partial charge is 0.224 e. The Kier molecular flexibility index (Phi) is 2.09. The number of rotatable bonds is 0. The van der Waals surface area contributed by atoms with Gasteiger partial charge < -0.3 is 5.73 Å². The zero-order valence-corrected chi connectivity index (χ0v) is 8.80. The van der Waals surface area contributed by atoms with Crippen LogP contribution < -0.4 is 5.73 Å². The van der Waals surface area contributed by atoms with Gasteiger partial charge in [0.1, 0.15) is 5.82 Å². The van der Waals surface area contributed by atoms with Gasteiger partial charge in [-0.15, -0.1) is 0 Å². The Morgan fingerprint density at radius 3 is 2.85 bits per heavy atom. The zero-order valence-electron chi connectivity index (χ0n) is 6.46. The van der Waals surface area contributed by atoms with Gasteiger partial charge in [0, 0.05) is 9.86 Å². The van der Waals surface area contributed by atoms with Gasteiger partial charge in [0.2, 0.25) is 5.28 Å². The molecule has 3 nitrogen and oxygen atoms in total. The number of nitrogen functional groups attached to an aromatic ring is 1. The van der Waals surface area contributed by atoms with Gasteiger partial charge in [-0.1, -0.05) is 15.9 Å². The highest BCUT2D eigenvalue weighted by Crippen LogP contribution is 2.22. The van der Waals surface area contributed by atoms with Crippen molar-refractivity contribution in [3.63, 3.8) is 0 Å². The summed E-state index contributed by atoms with van der Waals surface area (Å²) >= 11 is 9.00. The summed E-state index contributed by atoms with van der Waals surface area (Å²) in [7, 11) is 0. The summed E-state index contributed by atoms with van der Waals surface area (Å²) in [5.74, 6) is 0.405. The summed E-state index contributed by atoms with van der Waals surface area (Å²) in [4.78, 5) is 7.89. The normalized spacial score (nSPS) is 10.6. The van der Waals surface area contributed by atoms with Crippen LogP contribution in [0.5, 0.6) is 0 Å². The SMILES string of the molecule is Nc1nc(Cl)nc2cc(Br)ccc12. The first-order chi connectivity index (χ1) is 6.16. The average Bonchev–Trinajstić information content (AvgIpc) is 2.02. The van der Waals surface area contributed by atoms with Gasteiger partial charge >= 0.3 is 0 Å². The van der Waals surface area contributed by atoms with E-state index in [1.807, 2.05) is 18.2 Å². The van der Waals surface area contributed by atoms with Crippen LogP contribution in [0.1, 0.15) is 0 Å². The van der Waals surface area contributed by atoms with Gasteiger partial charge in [0.15, 0.2) is 0 Å². The molecule has 0 aliphatic heterocycles. The van der Waals surface area contributed by atoms with Crippen molar-refractivity contribution in [3.8, 4) is 0 Å². The lowest BCUT2D eigenvalue weighted by atomic mass is 10.2. The maximum atomic E-state index is 5.66. The molecule has 2 aromatic rings. The highest BCUT2D eigenvalue weighted by Gasteiger charge is 2.03. The molecule has 0 saturated carbocycles. The van der Waals surface area contributed by atoms with Gasteiger partial charge in [-0.2, -0.15) is 0 Å². The number of nitrogens with two attached hydrogens (primary N) is 1. The Balaban J connectivity index is 2.86. The summed E-state index contributed by atoms with van der Waals surface area (Å²) in [5.41, 5.74) is 6.40. The number of halogens is 2. The highest BCUT2D eigenvalue weighted by molar-refractivity contribution is 9.10. The fourth-order valence-corrected chi connectivity index (χ4v) is 1.63. The second-order valence-electron chi connectivity index (χ2n) is 2.54. The molecule has 13 heavy (non-hydrogen) atoms. The number of hydrogen-bond donors (Lipinski definition) is 1. The molecule has 1 aromatic carbocycles. The van der Waals surface area contributed by atoms with Crippen molar-refractivity contribution in [2.45, 2.75) is 0 Å². The molecule has 5 heteroatoms. The lowest BCUT2D eigenvalue weighted by Crippen LogP contribution is -1.94. The molecule has 0 unspecified atom stereocenters. The van der Waals surface area contributed by atoms with E-state index in [-0.39, 0.29) is 5.28 Å². The molecular weight excluding hydrogens is 253 g/mol. The van der Waals surface area contributed by atoms with E-state index in [0.717, 1.165) is 15.4 Å². The number of nitrogens with zero attached hydrogens (tertiary/aromatic N) is 2. The monoisotopic (exact) mass is 257 g/mol. The molecule has 0 spiro atoms. The lowest BCUT2D eigenvalue weighted by Gasteiger charge is -2.00. The molecule has 2 rings (SSSR count). The van der Waals surface area contributed by atoms with Crippen LogP contribution in [-0.4, -0.2) is 9.97 Å². The van der Waals surface area contributed by atoms with E-state index in [1.54, 1.807) is 0 Å². The highest BCUT2D eigenvalue weighted by atomic mass is 79.9. The maximum Gasteiger partial charge on any atom is 0.224 e. The van der Waals surface area contributed by atoms with Crippen LogP contribution in [0.2, 0.25) is 5.28 Å². The summed E-state index contributed by atoms with van der Waals surface area (Å²) < 4.78 is 0.939. The summed E-state index contributed by atoms with van der Waals surface area (Å²) in [6.45, 7) is 0. The fraction of sp³-hybridized carbons (Fsp3) is 0. The van der Waals surface area contributed by atoms with Gasteiger partial charge in [0.05, 0.1) is 5.52 Å². The zero-order chi connectivity index (χ0) is 9.42. The number of fused-ring (bicyclic) bond motifs is 1. The molecule has 0 aliphatic rings. The van der Waals surface area contributed by atoms with E-state index >= 15 is 0 Å². The van der Waals surface area contributed by atoms with Crippen molar-refractivity contribution in [2.75, 3.05) is 5.73 Å². The minimum absolute atomic E-state index is 0.170. The molecule has 0 saturated heterocycles.